The second kappa shape index (κ2) is 12.0. The van der Waals surface area contributed by atoms with E-state index in [2.05, 4.69) is 16.8 Å². The third kappa shape index (κ3) is 6.15. The molecule has 3 aromatic rings. The zero-order chi connectivity index (χ0) is 28.2. The molecule has 1 saturated heterocycles. The van der Waals surface area contributed by atoms with Crippen LogP contribution in [-0.4, -0.2) is 52.8 Å². The van der Waals surface area contributed by atoms with E-state index in [9.17, 15) is 28.2 Å². The topological polar surface area (TPSA) is 82.9 Å². The molecule has 1 aromatic heterocycles. The molecule has 4 rings (SSSR count). The molecule has 1 aliphatic rings. The van der Waals surface area contributed by atoms with Gasteiger partial charge in [0, 0.05) is 47.9 Å². The largest absolute Gasteiger partial charge is 0.497 e. The second-order valence-electron chi connectivity index (χ2n) is 9.65. The Morgan fingerprint density at radius 1 is 1.18 bits per heavy atom. The van der Waals surface area contributed by atoms with Crippen LogP contribution in [0.3, 0.4) is 0 Å². The molecule has 1 fully saturated rings. The number of carboxylic acids is 1. The molecule has 1 aliphatic heterocycles. The van der Waals surface area contributed by atoms with Gasteiger partial charge < -0.3 is 14.9 Å². The van der Waals surface area contributed by atoms with Gasteiger partial charge in [0.05, 0.1) is 36.8 Å². The number of fused-ring (bicyclic) bond motifs is 1. The number of ether oxygens (including phenoxy) is 1. The van der Waals surface area contributed by atoms with Gasteiger partial charge in [0.25, 0.3) is 0 Å². The molecule has 10 heteroatoms. The van der Waals surface area contributed by atoms with Gasteiger partial charge >= 0.3 is 5.97 Å². The van der Waals surface area contributed by atoms with Crippen LogP contribution in [0.25, 0.3) is 10.9 Å². The zero-order valence-electron chi connectivity index (χ0n) is 21.3. The van der Waals surface area contributed by atoms with Gasteiger partial charge in [0.2, 0.25) is 0 Å². The van der Waals surface area contributed by atoms with Crippen molar-refractivity contribution in [2.24, 2.45) is 5.41 Å². The Morgan fingerprint density at radius 2 is 1.87 bits per heavy atom. The second-order valence-corrected chi connectivity index (χ2v) is 9.65. The summed E-state index contributed by atoms with van der Waals surface area (Å²) in [6.45, 7) is 0.428. The third-order valence-electron chi connectivity index (χ3n) is 7.35. The molecule has 1 atom stereocenters. The summed E-state index contributed by atoms with van der Waals surface area (Å²) in [7, 11) is 1.49. The maximum atomic E-state index is 15.7. The van der Waals surface area contributed by atoms with Gasteiger partial charge in [0.15, 0.2) is 0 Å². The molecular formula is C29H28F4N2O4. The van der Waals surface area contributed by atoms with Crippen LogP contribution in [-0.2, 0) is 11.4 Å². The Labute approximate surface area is 223 Å². The fourth-order valence-corrected chi connectivity index (χ4v) is 5.01. The average Bonchev–Trinajstić information content (AvgIpc) is 2.92. The lowest BCUT2D eigenvalue weighted by Crippen LogP contribution is -2.44. The minimum absolute atomic E-state index is 0.0709. The molecule has 2 aromatic carbocycles. The van der Waals surface area contributed by atoms with E-state index in [1.807, 2.05) is 4.90 Å². The van der Waals surface area contributed by atoms with E-state index >= 15 is 4.39 Å². The van der Waals surface area contributed by atoms with Crippen LogP contribution < -0.4 is 4.74 Å². The normalized spacial score (nSPS) is 15.9. The summed E-state index contributed by atoms with van der Waals surface area (Å²) in [6.07, 6.45) is 0.381. The number of carboxylic acid groups (broad SMARTS) is 1. The van der Waals surface area contributed by atoms with Crippen LogP contribution in [0.2, 0.25) is 0 Å². The fourth-order valence-electron chi connectivity index (χ4n) is 5.01. The Bertz CT molecular complexity index is 1400. The standard InChI is InChI=1S/C29H28F4N2O4/c1-39-20-4-5-26-22(15-20)27(18(17-36)16-34-26)23(31)6-7-29(28(37)38)8-11-35(12-9-29)10-2-3-21-24(32)13-19(30)14-25(21)33/h4-5,13-16,23,36H,6-12,17H2,1H3,(H,37,38). The molecule has 1 unspecified atom stereocenters. The number of pyridine rings is 1. The maximum absolute atomic E-state index is 15.7. The number of alkyl halides is 1. The molecule has 0 bridgehead atoms. The molecule has 0 spiro atoms. The van der Waals surface area contributed by atoms with Gasteiger partial charge in [-0.05, 0) is 43.9 Å². The van der Waals surface area contributed by atoms with Crippen molar-refractivity contribution in [3.05, 3.63) is 70.7 Å². The first-order valence-electron chi connectivity index (χ1n) is 12.5. The third-order valence-corrected chi connectivity index (χ3v) is 7.35. The van der Waals surface area contributed by atoms with Crippen LogP contribution in [0.5, 0.6) is 5.75 Å². The minimum atomic E-state index is -1.54. The molecule has 0 aliphatic carbocycles. The molecule has 0 saturated carbocycles. The maximum Gasteiger partial charge on any atom is 0.309 e. The number of rotatable bonds is 8. The van der Waals surface area contributed by atoms with Crippen molar-refractivity contribution in [2.75, 3.05) is 26.7 Å². The number of aromatic nitrogens is 1. The Balaban J connectivity index is 1.44. The molecule has 0 amide bonds. The fraction of sp³-hybridized carbons (Fsp3) is 0.379. The van der Waals surface area contributed by atoms with Gasteiger partial charge in [-0.15, -0.1) is 0 Å². The average molecular weight is 545 g/mol. The highest BCUT2D eigenvalue weighted by Crippen LogP contribution is 2.41. The zero-order valence-corrected chi connectivity index (χ0v) is 21.3. The minimum Gasteiger partial charge on any atom is -0.497 e. The number of benzene rings is 2. The highest BCUT2D eigenvalue weighted by atomic mass is 19.1. The van der Waals surface area contributed by atoms with Crippen molar-refractivity contribution in [1.29, 1.82) is 0 Å². The smallest absolute Gasteiger partial charge is 0.309 e. The van der Waals surface area contributed by atoms with E-state index in [1.165, 1.54) is 13.3 Å². The molecule has 206 valence electrons. The molecule has 2 N–H and O–H groups in total. The number of methoxy groups -OCH3 is 1. The van der Waals surface area contributed by atoms with E-state index < -0.39 is 47.2 Å². The Morgan fingerprint density at radius 3 is 2.49 bits per heavy atom. The van der Waals surface area contributed by atoms with Gasteiger partial charge in [-0.2, -0.15) is 0 Å². The summed E-state index contributed by atoms with van der Waals surface area (Å²) in [5.74, 6) is 1.33. The first kappa shape index (κ1) is 28.3. The van der Waals surface area contributed by atoms with Gasteiger partial charge in [-0.3, -0.25) is 14.7 Å². The molecule has 39 heavy (non-hydrogen) atoms. The number of aliphatic carboxylic acids is 1. The van der Waals surface area contributed by atoms with Crippen LogP contribution in [0.4, 0.5) is 17.6 Å². The van der Waals surface area contributed by atoms with Crippen LogP contribution >= 0.6 is 0 Å². The number of hydrogen-bond acceptors (Lipinski definition) is 5. The van der Waals surface area contributed by atoms with Crippen molar-refractivity contribution in [3.8, 4) is 17.6 Å². The molecular weight excluding hydrogens is 516 g/mol. The van der Waals surface area contributed by atoms with Crippen molar-refractivity contribution in [2.45, 2.75) is 38.5 Å². The predicted octanol–water partition coefficient (Wildman–Crippen LogP) is 5.16. The lowest BCUT2D eigenvalue weighted by molar-refractivity contribution is -0.152. The highest BCUT2D eigenvalue weighted by Gasteiger charge is 2.41. The van der Waals surface area contributed by atoms with Gasteiger partial charge in [-0.25, -0.2) is 17.6 Å². The number of aliphatic hydroxyl groups is 1. The summed E-state index contributed by atoms with van der Waals surface area (Å²) in [6, 6.07) is 6.17. The first-order valence-corrected chi connectivity index (χ1v) is 12.5. The van der Waals surface area contributed by atoms with Crippen molar-refractivity contribution in [3.63, 3.8) is 0 Å². The lowest BCUT2D eigenvalue weighted by Gasteiger charge is -2.38. The van der Waals surface area contributed by atoms with Crippen molar-refractivity contribution in [1.82, 2.24) is 9.88 Å². The molecule has 6 nitrogen and oxygen atoms in total. The summed E-state index contributed by atoms with van der Waals surface area (Å²) < 4.78 is 61.7. The Kier molecular flexibility index (Phi) is 8.73. The number of aliphatic hydroxyl groups excluding tert-OH is 1. The SMILES string of the molecule is COc1ccc2ncc(CO)c(C(F)CCC3(C(=O)O)CCN(CC#Cc4c(F)cc(F)cc4F)CC3)c2c1. The monoisotopic (exact) mass is 544 g/mol. The van der Waals surface area contributed by atoms with Gasteiger partial charge in [0.1, 0.15) is 29.4 Å². The van der Waals surface area contributed by atoms with E-state index in [4.69, 9.17) is 4.74 Å². The number of nitrogens with zero attached hydrogens (tertiary/aromatic N) is 2. The first-order chi connectivity index (χ1) is 18.7. The summed E-state index contributed by atoms with van der Waals surface area (Å²) in [5.41, 5.74) is -0.535. The number of halogens is 4. The van der Waals surface area contributed by atoms with Crippen molar-refractivity contribution < 1.29 is 37.3 Å². The van der Waals surface area contributed by atoms with E-state index in [0.717, 1.165) is 0 Å². The lowest BCUT2D eigenvalue weighted by atomic mass is 9.74. The number of hydrogen-bond donors (Lipinski definition) is 2. The van der Waals surface area contributed by atoms with Gasteiger partial charge in [-0.1, -0.05) is 11.8 Å². The number of piperidine rings is 1. The summed E-state index contributed by atoms with van der Waals surface area (Å²) >= 11 is 0. The molecule has 0 radical (unpaired) electrons. The van der Waals surface area contributed by atoms with E-state index in [-0.39, 0.29) is 37.8 Å². The Hall–Kier alpha value is -3.68. The summed E-state index contributed by atoms with van der Waals surface area (Å²) in [5, 5.41) is 20.4. The predicted molar refractivity (Wildman–Crippen MR) is 136 cm³/mol. The number of carbonyl (C=O) groups is 1. The van der Waals surface area contributed by atoms with Crippen LogP contribution in [0, 0.1) is 34.7 Å². The highest BCUT2D eigenvalue weighted by molar-refractivity contribution is 5.85. The van der Waals surface area contributed by atoms with Crippen LogP contribution in [0.15, 0.2) is 36.5 Å². The molecule has 2 heterocycles. The van der Waals surface area contributed by atoms with Crippen LogP contribution in [0.1, 0.15) is 48.5 Å². The van der Waals surface area contributed by atoms with E-state index in [1.54, 1.807) is 18.2 Å². The van der Waals surface area contributed by atoms with E-state index in [0.29, 0.717) is 47.4 Å². The number of likely N-dealkylation sites (tertiary alicyclic amines) is 1. The summed E-state index contributed by atoms with van der Waals surface area (Å²) in [4.78, 5) is 18.4. The quantitative estimate of drug-likeness (QED) is 0.301. The van der Waals surface area contributed by atoms with Crippen molar-refractivity contribution >= 4 is 16.9 Å².